The van der Waals surface area contributed by atoms with E-state index in [1.807, 2.05) is 16.3 Å². The van der Waals surface area contributed by atoms with Crippen LogP contribution in [0.1, 0.15) is 48.6 Å². The van der Waals surface area contributed by atoms with Crippen molar-refractivity contribution in [3.8, 4) is 0 Å². The first-order valence-corrected chi connectivity index (χ1v) is 11.2. The minimum Gasteiger partial charge on any atom is -0.313 e. The maximum atomic E-state index is 13.1. The summed E-state index contributed by atoms with van der Waals surface area (Å²) in [4.78, 5) is 20.0. The number of rotatable bonds is 5. The van der Waals surface area contributed by atoms with E-state index in [1.54, 1.807) is 17.7 Å². The molecule has 2 heterocycles. The number of aromatic nitrogens is 2. The van der Waals surface area contributed by atoms with Gasteiger partial charge in [-0.05, 0) is 43.9 Å². The highest BCUT2D eigenvalue weighted by molar-refractivity contribution is 7.98. The Morgan fingerprint density at radius 1 is 1.38 bits per heavy atom. The van der Waals surface area contributed by atoms with E-state index in [0.717, 1.165) is 54.6 Å². The second-order valence-corrected chi connectivity index (χ2v) is 9.04. The number of nitrogens with zero attached hydrogens (tertiary/aromatic N) is 2. The molecular weight excluding hydrogens is 338 g/mol. The van der Waals surface area contributed by atoms with Gasteiger partial charge in [-0.2, -0.15) is 11.8 Å². The summed E-state index contributed by atoms with van der Waals surface area (Å²) in [7, 11) is 0. The highest BCUT2D eigenvalue weighted by atomic mass is 32.2. The van der Waals surface area contributed by atoms with Crippen molar-refractivity contribution >= 4 is 33.3 Å². The zero-order valence-electron chi connectivity index (χ0n) is 14.2. The van der Waals surface area contributed by atoms with Crippen LogP contribution in [0.3, 0.4) is 0 Å². The summed E-state index contributed by atoms with van der Waals surface area (Å²) in [6, 6.07) is 0.921. The molecule has 0 bridgehead atoms. The number of hydrogen-bond acceptors (Lipinski definition) is 5. The van der Waals surface area contributed by atoms with Crippen LogP contribution in [0, 0.1) is 0 Å². The maximum Gasteiger partial charge on any atom is 0.262 e. The van der Waals surface area contributed by atoms with Gasteiger partial charge in [0.1, 0.15) is 4.83 Å². The summed E-state index contributed by atoms with van der Waals surface area (Å²) in [5, 5.41) is 4.58. The van der Waals surface area contributed by atoms with Gasteiger partial charge < -0.3 is 5.32 Å². The minimum absolute atomic E-state index is 0.207. The molecular formula is C18H25N3OS2. The zero-order chi connectivity index (χ0) is 16.5. The van der Waals surface area contributed by atoms with Gasteiger partial charge in [0.05, 0.1) is 11.7 Å². The highest BCUT2D eigenvalue weighted by Crippen LogP contribution is 2.35. The molecule has 4 nitrogen and oxygen atoms in total. The van der Waals surface area contributed by atoms with Gasteiger partial charge >= 0.3 is 0 Å². The lowest BCUT2D eigenvalue weighted by Crippen LogP contribution is -2.35. The van der Waals surface area contributed by atoms with E-state index in [2.05, 4.69) is 16.6 Å². The second kappa shape index (κ2) is 7.18. The van der Waals surface area contributed by atoms with Gasteiger partial charge in [0.25, 0.3) is 5.56 Å². The average Bonchev–Trinajstić information content (AvgIpc) is 3.22. The summed E-state index contributed by atoms with van der Waals surface area (Å²) in [6.07, 6.45) is 11.9. The van der Waals surface area contributed by atoms with E-state index in [9.17, 15) is 4.79 Å². The lowest BCUT2D eigenvalue weighted by atomic mass is 9.93. The molecule has 130 valence electrons. The van der Waals surface area contributed by atoms with Crippen LogP contribution in [0.5, 0.6) is 0 Å². The Morgan fingerprint density at radius 3 is 3.00 bits per heavy atom. The Hall–Kier alpha value is -0.850. The molecule has 0 aliphatic heterocycles. The molecule has 4 rings (SSSR count). The van der Waals surface area contributed by atoms with Crippen LogP contribution in [-0.4, -0.2) is 34.1 Å². The molecule has 1 saturated carbocycles. The van der Waals surface area contributed by atoms with Crippen LogP contribution in [0.25, 0.3) is 10.2 Å². The summed E-state index contributed by atoms with van der Waals surface area (Å²) < 4.78 is 1.92. The van der Waals surface area contributed by atoms with Gasteiger partial charge in [0.15, 0.2) is 0 Å². The monoisotopic (exact) mass is 363 g/mol. The molecule has 6 heteroatoms. The van der Waals surface area contributed by atoms with E-state index in [-0.39, 0.29) is 5.56 Å². The van der Waals surface area contributed by atoms with Crippen molar-refractivity contribution in [2.24, 2.45) is 0 Å². The van der Waals surface area contributed by atoms with E-state index in [4.69, 9.17) is 0 Å². The maximum absolute atomic E-state index is 13.1. The molecule has 2 aliphatic carbocycles. The predicted molar refractivity (Wildman–Crippen MR) is 104 cm³/mol. The van der Waals surface area contributed by atoms with Crippen molar-refractivity contribution in [1.29, 1.82) is 0 Å². The Bertz CT molecular complexity index is 776. The van der Waals surface area contributed by atoms with Crippen LogP contribution in [0.15, 0.2) is 11.1 Å². The van der Waals surface area contributed by atoms with Crippen LogP contribution < -0.4 is 10.9 Å². The molecule has 0 spiro atoms. The molecule has 1 fully saturated rings. The molecule has 2 aromatic heterocycles. The van der Waals surface area contributed by atoms with Gasteiger partial charge in [-0.3, -0.25) is 9.36 Å². The van der Waals surface area contributed by atoms with Crippen molar-refractivity contribution in [3.05, 3.63) is 27.1 Å². The average molecular weight is 364 g/mol. The van der Waals surface area contributed by atoms with Crippen molar-refractivity contribution in [3.63, 3.8) is 0 Å². The Labute approximate surface area is 151 Å². The van der Waals surface area contributed by atoms with E-state index in [1.165, 1.54) is 23.3 Å². The van der Waals surface area contributed by atoms with Gasteiger partial charge in [-0.1, -0.05) is 12.8 Å². The molecule has 2 aromatic rings. The van der Waals surface area contributed by atoms with Gasteiger partial charge in [0.2, 0.25) is 0 Å². The predicted octanol–water partition coefficient (Wildman–Crippen LogP) is 3.38. The Morgan fingerprint density at radius 2 is 2.21 bits per heavy atom. The van der Waals surface area contributed by atoms with E-state index in [0.29, 0.717) is 12.1 Å². The normalized spacial score (nSPS) is 21.5. The SMILES string of the molecule is CSCCN[C@H]1CCc2c(sc3ncn(C4CCCC4)c(=O)c23)C1. The number of nitrogens with one attached hydrogen (secondary N) is 1. The minimum atomic E-state index is 0.207. The fourth-order valence-corrected chi connectivity index (χ4v) is 5.74. The van der Waals surface area contributed by atoms with Crippen molar-refractivity contribution in [2.45, 2.75) is 57.0 Å². The zero-order valence-corrected chi connectivity index (χ0v) is 15.8. The quantitative estimate of drug-likeness (QED) is 0.827. The van der Waals surface area contributed by atoms with Crippen molar-refractivity contribution in [1.82, 2.24) is 14.9 Å². The third-order valence-electron chi connectivity index (χ3n) is 5.45. The van der Waals surface area contributed by atoms with Crippen LogP contribution in [0.2, 0.25) is 0 Å². The fraction of sp³-hybridized carbons (Fsp3) is 0.667. The van der Waals surface area contributed by atoms with Gasteiger partial charge in [-0.15, -0.1) is 11.3 Å². The summed E-state index contributed by atoms with van der Waals surface area (Å²) in [5.41, 5.74) is 1.50. The first-order valence-electron chi connectivity index (χ1n) is 9.01. The van der Waals surface area contributed by atoms with Crippen LogP contribution in [-0.2, 0) is 12.8 Å². The number of thiophene rings is 1. The van der Waals surface area contributed by atoms with E-state index < -0.39 is 0 Å². The summed E-state index contributed by atoms with van der Waals surface area (Å²) >= 11 is 3.62. The van der Waals surface area contributed by atoms with E-state index >= 15 is 0 Å². The second-order valence-electron chi connectivity index (χ2n) is 6.97. The molecule has 2 aliphatic rings. The van der Waals surface area contributed by atoms with Crippen LogP contribution >= 0.6 is 23.1 Å². The molecule has 1 N–H and O–H groups in total. The third kappa shape index (κ3) is 3.04. The first kappa shape index (κ1) is 16.6. The van der Waals surface area contributed by atoms with Gasteiger partial charge in [-0.25, -0.2) is 4.98 Å². The van der Waals surface area contributed by atoms with Gasteiger partial charge in [0, 0.05) is 29.3 Å². The molecule has 0 amide bonds. The lowest BCUT2D eigenvalue weighted by molar-refractivity contribution is 0.477. The lowest BCUT2D eigenvalue weighted by Gasteiger charge is -2.23. The molecule has 0 radical (unpaired) electrons. The number of hydrogen-bond donors (Lipinski definition) is 1. The molecule has 1 atom stereocenters. The molecule has 0 aromatic carbocycles. The summed E-state index contributed by atoms with van der Waals surface area (Å²) in [6.45, 7) is 1.07. The van der Waals surface area contributed by atoms with Crippen LogP contribution in [0.4, 0.5) is 0 Å². The summed E-state index contributed by atoms with van der Waals surface area (Å²) in [5.74, 6) is 1.16. The van der Waals surface area contributed by atoms with Crippen molar-refractivity contribution < 1.29 is 0 Å². The smallest absolute Gasteiger partial charge is 0.262 e. The first-order chi connectivity index (χ1) is 11.8. The number of fused-ring (bicyclic) bond motifs is 3. The Kier molecular flexibility index (Phi) is 4.97. The fourth-order valence-electron chi connectivity index (χ4n) is 4.16. The number of aryl methyl sites for hydroxylation is 1. The molecule has 0 saturated heterocycles. The van der Waals surface area contributed by atoms with Crippen molar-refractivity contribution in [2.75, 3.05) is 18.6 Å². The molecule has 24 heavy (non-hydrogen) atoms. The molecule has 0 unspecified atom stereocenters. The highest BCUT2D eigenvalue weighted by Gasteiger charge is 2.26. The topological polar surface area (TPSA) is 46.9 Å². The third-order valence-corrected chi connectivity index (χ3v) is 7.23. The number of thioether (sulfide) groups is 1. The Balaban J connectivity index is 1.63. The standard InChI is InChI=1S/C18H25N3OS2/c1-23-9-8-19-12-6-7-14-15(10-12)24-17-16(14)18(22)21(11-20-17)13-4-2-3-5-13/h11-13,19H,2-10H2,1H3/t12-/m0/s1. The largest absolute Gasteiger partial charge is 0.313 e.